The molecule has 1 fully saturated rings. The smallest absolute Gasteiger partial charge is 0.245 e. The number of nitrogens with zero attached hydrogens (tertiary/aromatic N) is 4. The number of pyridine rings is 1. The van der Waals surface area contributed by atoms with E-state index in [9.17, 15) is 4.79 Å². The highest BCUT2D eigenvalue weighted by molar-refractivity contribution is 5.92. The van der Waals surface area contributed by atoms with Crippen LogP contribution in [-0.4, -0.2) is 38.7 Å². The Morgan fingerprint density at radius 3 is 2.67 bits per heavy atom. The Morgan fingerprint density at radius 2 is 2.00 bits per heavy atom. The van der Waals surface area contributed by atoms with E-state index in [4.69, 9.17) is 16.3 Å². The van der Waals surface area contributed by atoms with E-state index in [1.807, 2.05) is 54.4 Å². The van der Waals surface area contributed by atoms with Crippen molar-refractivity contribution in [3.05, 3.63) is 79.4 Å². The third kappa shape index (κ3) is 4.73. The Kier molecular flexibility index (Phi) is 6.70. The number of carbonyl (C=O) groups excluding carboxylic acids is 1. The molecule has 0 bridgehead atoms. The summed E-state index contributed by atoms with van der Waals surface area (Å²) in [5.74, 6) is 3.85. The highest BCUT2D eigenvalue weighted by atomic mass is 16.5. The maximum Gasteiger partial charge on any atom is 0.245 e. The van der Waals surface area contributed by atoms with Crippen molar-refractivity contribution in [2.24, 2.45) is 0 Å². The fraction of sp³-hybridized carbons (Fsp3) is 0.222. The Labute approximate surface area is 193 Å². The topological polar surface area (TPSA) is 60.2 Å². The molecule has 0 aliphatic carbocycles. The van der Waals surface area contributed by atoms with E-state index in [-0.39, 0.29) is 11.9 Å². The number of hydrogen-bond acceptors (Lipinski definition) is 4. The van der Waals surface area contributed by atoms with Crippen molar-refractivity contribution < 1.29 is 9.53 Å². The highest BCUT2D eigenvalue weighted by Crippen LogP contribution is 2.33. The van der Waals surface area contributed by atoms with Gasteiger partial charge in [-0.2, -0.15) is 5.10 Å². The molecule has 0 radical (unpaired) electrons. The van der Waals surface area contributed by atoms with Crippen LogP contribution < -0.4 is 4.74 Å². The van der Waals surface area contributed by atoms with Crippen LogP contribution in [0.15, 0.2) is 79.4 Å². The second kappa shape index (κ2) is 10.0. The Morgan fingerprint density at radius 1 is 1.24 bits per heavy atom. The molecule has 0 unspecified atom stereocenters. The van der Waals surface area contributed by atoms with E-state index in [1.165, 1.54) is 6.08 Å². The second-order valence-corrected chi connectivity index (χ2v) is 7.76. The van der Waals surface area contributed by atoms with E-state index in [2.05, 4.69) is 22.2 Å². The summed E-state index contributed by atoms with van der Waals surface area (Å²) in [5.41, 5.74) is 2.91. The molecule has 0 spiro atoms. The quantitative estimate of drug-likeness (QED) is 0.237. The SMILES string of the molecule is C#C/C=C\C(=C/C)Oc1ccc(-c2nn(C3CCN(C(=O)C=C)CC3)c3ccncc23)cc1. The summed E-state index contributed by atoms with van der Waals surface area (Å²) in [4.78, 5) is 18.1. The molecule has 2 aromatic heterocycles. The maximum absolute atomic E-state index is 11.9. The third-order valence-corrected chi connectivity index (χ3v) is 5.80. The van der Waals surface area contributed by atoms with Gasteiger partial charge in [0.15, 0.2) is 0 Å². The first-order valence-electron chi connectivity index (χ1n) is 11.0. The van der Waals surface area contributed by atoms with Gasteiger partial charge >= 0.3 is 0 Å². The average Bonchev–Trinajstić information content (AvgIpc) is 3.26. The minimum absolute atomic E-state index is 0.0122. The Hall–Kier alpha value is -4.11. The van der Waals surface area contributed by atoms with Crippen LogP contribution in [0.5, 0.6) is 5.75 Å². The molecule has 3 heterocycles. The van der Waals surface area contributed by atoms with Gasteiger partial charge in [-0.3, -0.25) is 14.5 Å². The van der Waals surface area contributed by atoms with E-state index >= 15 is 0 Å². The molecule has 3 aromatic rings. The summed E-state index contributed by atoms with van der Waals surface area (Å²) < 4.78 is 7.98. The fourth-order valence-corrected chi connectivity index (χ4v) is 4.07. The number of likely N-dealkylation sites (tertiary alicyclic amines) is 1. The van der Waals surface area contributed by atoms with Crippen LogP contribution in [0.3, 0.4) is 0 Å². The van der Waals surface area contributed by atoms with E-state index < -0.39 is 0 Å². The van der Waals surface area contributed by atoms with Crippen molar-refractivity contribution in [2.45, 2.75) is 25.8 Å². The number of fused-ring (bicyclic) bond motifs is 1. The number of hydrogen-bond donors (Lipinski definition) is 0. The zero-order chi connectivity index (χ0) is 23.2. The molecule has 1 aliphatic heterocycles. The summed E-state index contributed by atoms with van der Waals surface area (Å²) in [6, 6.07) is 10.1. The minimum atomic E-state index is -0.0122. The number of aromatic nitrogens is 3. The zero-order valence-corrected chi connectivity index (χ0v) is 18.6. The van der Waals surface area contributed by atoms with Gasteiger partial charge in [-0.05, 0) is 74.4 Å². The van der Waals surface area contributed by atoms with Gasteiger partial charge in [-0.1, -0.05) is 12.5 Å². The molecule has 1 saturated heterocycles. The number of allylic oxidation sites excluding steroid dienone is 3. The fourth-order valence-electron chi connectivity index (χ4n) is 4.07. The van der Waals surface area contributed by atoms with Crippen molar-refractivity contribution in [3.8, 4) is 29.4 Å². The molecule has 1 aromatic carbocycles. The summed E-state index contributed by atoms with van der Waals surface area (Å²) in [5, 5.41) is 5.99. The lowest BCUT2D eigenvalue weighted by atomic mass is 10.0. The molecule has 0 atom stereocenters. The van der Waals surface area contributed by atoms with Crippen LogP contribution in [-0.2, 0) is 4.79 Å². The normalized spacial score (nSPS) is 15.0. The van der Waals surface area contributed by atoms with E-state index in [1.54, 1.807) is 18.3 Å². The monoisotopic (exact) mass is 438 g/mol. The average molecular weight is 439 g/mol. The molecule has 6 nitrogen and oxygen atoms in total. The number of terminal acetylenes is 1. The Balaban J connectivity index is 1.59. The van der Waals surface area contributed by atoms with Crippen LogP contribution in [0.2, 0.25) is 0 Å². The lowest BCUT2D eigenvalue weighted by molar-refractivity contribution is -0.127. The standard InChI is InChI=1S/C27H26N4O2/c1-4-7-8-22(5-2)33-23-11-9-20(10-12-23)27-24-19-28-16-13-25(24)31(29-27)21-14-17-30(18-15-21)26(32)6-3/h1,5-13,16,19,21H,3,14-15,17-18H2,2H3/b8-7-,22-5+. The van der Waals surface area contributed by atoms with Crippen molar-refractivity contribution in [1.29, 1.82) is 0 Å². The zero-order valence-electron chi connectivity index (χ0n) is 18.6. The van der Waals surface area contributed by atoms with Gasteiger partial charge in [-0.15, -0.1) is 6.42 Å². The summed E-state index contributed by atoms with van der Waals surface area (Å²) in [7, 11) is 0. The molecule has 4 rings (SSSR count). The van der Waals surface area contributed by atoms with Crippen molar-refractivity contribution in [2.75, 3.05) is 13.1 Å². The summed E-state index contributed by atoms with van der Waals surface area (Å²) >= 11 is 0. The van der Waals surface area contributed by atoms with Gasteiger partial charge in [0.1, 0.15) is 17.2 Å². The highest BCUT2D eigenvalue weighted by Gasteiger charge is 2.25. The molecule has 1 amide bonds. The summed E-state index contributed by atoms with van der Waals surface area (Å²) in [6.07, 6.45) is 17.2. The lowest BCUT2D eigenvalue weighted by Crippen LogP contribution is -2.38. The summed E-state index contributed by atoms with van der Waals surface area (Å²) in [6.45, 7) is 6.89. The van der Waals surface area contributed by atoms with Gasteiger partial charge in [0, 0.05) is 36.4 Å². The molecular formula is C27H26N4O2. The first-order valence-corrected chi connectivity index (χ1v) is 11.0. The number of amides is 1. The van der Waals surface area contributed by atoms with E-state index in [0.29, 0.717) is 18.8 Å². The molecule has 33 heavy (non-hydrogen) atoms. The largest absolute Gasteiger partial charge is 0.458 e. The number of benzene rings is 1. The van der Waals surface area contributed by atoms with Gasteiger partial charge in [0.25, 0.3) is 0 Å². The van der Waals surface area contributed by atoms with Crippen LogP contribution in [0, 0.1) is 12.3 Å². The predicted molar refractivity (Wildman–Crippen MR) is 130 cm³/mol. The number of piperidine rings is 1. The van der Waals surface area contributed by atoms with Gasteiger partial charge in [-0.25, -0.2) is 0 Å². The van der Waals surface area contributed by atoms with Crippen molar-refractivity contribution in [3.63, 3.8) is 0 Å². The molecule has 0 saturated carbocycles. The molecule has 0 N–H and O–H groups in total. The molecule has 166 valence electrons. The third-order valence-electron chi connectivity index (χ3n) is 5.80. The van der Waals surface area contributed by atoms with Crippen molar-refractivity contribution >= 4 is 16.8 Å². The predicted octanol–water partition coefficient (Wildman–Crippen LogP) is 4.92. The van der Waals surface area contributed by atoms with Crippen LogP contribution in [0.4, 0.5) is 0 Å². The minimum Gasteiger partial charge on any atom is -0.458 e. The molecular weight excluding hydrogens is 412 g/mol. The van der Waals surface area contributed by atoms with Crippen molar-refractivity contribution in [1.82, 2.24) is 19.7 Å². The molecule has 6 heteroatoms. The molecule has 1 aliphatic rings. The van der Waals surface area contributed by atoms with Crippen LogP contribution in [0.25, 0.3) is 22.2 Å². The first kappa shape index (κ1) is 22.1. The van der Waals surface area contributed by atoms with Gasteiger partial charge in [0.05, 0.1) is 11.6 Å². The maximum atomic E-state index is 11.9. The first-order chi connectivity index (χ1) is 16.1. The Bertz CT molecular complexity index is 1250. The number of carbonyl (C=O) groups is 1. The lowest BCUT2D eigenvalue weighted by Gasteiger charge is -2.31. The van der Waals surface area contributed by atoms with Crippen LogP contribution >= 0.6 is 0 Å². The van der Waals surface area contributed by atoms with Gasteiger partial charge in [0.2, 0.25) is 5.91 Å². The van der Waals surface area contributed by atoms with Gasteiger partial charge < -0.3 is 9.64 Å². The van der Waals surface area contributed by atoms with E-state index in [0.717, 1.165) is 40.8 Å². The second-order valence-electron chi connectivity index (χ2n) is 7.76. The number of rotatable bonds is 6. The van der Waals surface area contributed by atoms with Crippen LogP contribution in [0.1, 0.15) is 25.8 Å². The number of ether oxygens (including phenoxy) is 1.